The molecule has 1 rings (SSSR count). The number of hydrogen-bond acceptors (Lipinski definition) is 1. The van der Waals surface area contributed by atoms with E-state index in [1.807, 2.05) is 13.8 Å². The predicted octanol–water partition coefficient (Wildman–Crippen LogP) is 4.32. The quantitative estimate of drug-likeness (QED) is 0.619. The lowest BCUT2D eigenvalue weighted by atomic mass is 10.4. The van der Waals surface area contributed by atoms with Gasteiger partial charge in [0.15, 0.2) is 0 Å². The highest BCUT2D eigenvalue weighted by Gasteiger charge is 2.28. The highest BCUT2D eigenvalue weighted by molar-refractivity contribution is 8.00. The van der Waals surface area contributed by atoms with Gasteiger partial charge in [0, 0.05) is 4.90 Å². The van der Waals surface area contributed by atoms with Crippen LogP contribution in [0.3, 0.4) is 0 Å². The standard InChI is InChI=1S/C7H5F3S.C2H6/c8-7(9,10)11-6-4-2-1-3-5-6;1-2/h1-5H;1-2H3. The molecule has 0 aliphatic rings. The molecule has 0 N–H and O–H groups in total. The van der Waals surface area contributed by atoms with E-state index in [0.29, 0.717) is 0 Å². The lowest BCUT2D eigenvalue weighted by Crippen LogP contribution is -1.98. The normalized spacial score (nSPS) is 10.2. The minimum atomic E-state index is -4.18. The van der Waals surface area contributed by atoms with Crippen molar-refractivity contribution in [3.63, 3.8) is 0 Å². The zero-order valence-electron chi connectivity index (χ0n) is 7.43. The summed E-state index contributed by atoms with van der Waals surface area (Å²) in [4.78, 5) is 0.222. The van der Waals surface area contributed by atoms with Gasteiger partial charge in [-0.15, -0.1) is 0 Å². The zero-order valence-corrected chi connectivity index (χ0v) is 8.25. The number of thioether (sulfide) groups is 1. The van der Waals surface area contributed by atoms with Gasteiger partial charge in [-0.05, 0) is 23.9 Å². The summed E-state index contributed by atoms with van der Waals surface area (Å²) in [6, 6.07) is 7.69. The molecule has 1 aromatic rings. The van der Waals surface area contributed by atoms with Crippen LogP contribution >= 0.6 is 11.8 Å². The lowest BCUT2D eigenvalue weighted by Gasteiger charge is -2.03. The molecular weight excluding hydrogens is 197 g/mol. The summed E-state index contributed by atoms with van der Waals surface area (Å²) in [5, 5.41) is 0. The van der Waals surface area contributed by atoms with Gasteiger partial charge in [-0.2, -0.15) is 13.2 Å². The Morgan fingerprint density at radius 2 is 1.46 bits per heavy atom. The van der Waals surface area contributed by atoms with Crippen LogP contribution in [0.2, 0.25) is 0 Å². The molecule has 0 nitrogen and oxygen atoms in total. The summed E-state index contributed by atoms with van der Waals surface area (Å²) in [5.74, 6) is 0. The van der Waals surface area contributed by atoms with Crippen LogP contribution in [-0.4, -0.2) is 5.51 Å². The molecule has 0 saturated carbocycles. The molecule has 0 saturated heterocycles. The Balaban J connectivity index is 0.000000671. The molecule has 74 valence electrons. The van der Waals surface area contributed by atoms with Crippen molar-refractivity contribution in [3.05, 3.63) is 30.3 Å². The molecule has 4 heteroatoms. The Morgan fingerprint density at radius 1 is 1.00 bits per heavy atom. The maximum atomic E-state index is 11.7. The molecular formula is C9H11F3S. The maximum Gasteiger partial charge on any atom is 0.446 e. The summed E-state index contributed by atoms with van der Waals surface area (Å²) < 4.78 is 35.1. The van der Waals surface area contributed by atoms with Crippen molar-refractivity contribution in [3.8, 4) is 0 Å². The van der Waals surface area contributed by atoms with Crippen molar-refractivity contribution in [2.45, 2.75) is 24.3 Å². The maximum absolute atomic E-state index is 11.7. The van der Waals surface area contributed by atoms with Gasteiger partial charge >= 0.3 is 5.51 Å². The van der Waals surface area contributed by atoms with Gasteiger partial charge in [0.1, 0.15) is 0 Å². The van der Waals surface area contributed by atoms with Gasteiger partial charge in [0.05, 0.1) is 0 Å². The first-order chi connectivity index (χ1) is 6.08. The highest BCUT2D eigenvalue weighted by Crippen LogP contribution is 2.36. The van der Waals surface area contributed by atoms with E-state index >= 15 is 0 Å². The molecule has 0 amide bonds. The van der Waals surface area contributed by atoms with Crippen LogP contribution < -0.4 is 0 Å². The third-order valence-corrected chi connectivity index (χ3v) is 1.72. The van der Waals surface area contributed by atoms with E-state index in [4.69, 9.17) is 0 Å². The van der Waals surface area contributed by atoms with Gasteiger partial charge in [-0.3, -0.25) is 0 Å². The van der Waals surface area contributed by atoms with Gasteiger partial charge in [0.2, 0.25) is 0 Å². The number of rotatable bonds is 1. The molecule has 0 unspecified atom stereocenters. The van der Waals surface area contributed by atoms with E-state index in [9.17, 15) is 13.2 Å². The molecule has 0 radical (unpaired) electrons. The summed E-state index contributed by atoms with van der Waals surface area (Å²) in [5.41, 5.74) is -4.18. The van der Waals surface area contributed by atoms with E-state index in [1.54, 1.807) is 18.2 Å². The number of hydrogen-bond donors (Lipinski definition) is 0. The molecule has 0 heterocycles. The lowest BCUT2D eigenvalue weighted by molar-refractivity contribution is -0.0328. The van der Waals surface area contributed by atoms with E-state index in [2.05, 4.69) is 0 Å². The second-order valence-corrected chi connectivity index (χ2v) is 3.00. The summed E-state index contributed by atoms with van der Waals surface area (Å²) in [6.07, 6.45) is 0. The van der Waals surface area contributed by atoms with E-state index in [1.165, 1.54) is 12.1 Å². The van der Waals surface area contributed by atoms with Crippen molar-refractivity contribution >= 4 is 11.8 Å². The molecule has 13 heavy (non-hydrogen) atoms. The minimum absolute atomic E-state index is 0.0993. The number of benzene rings is 1. The van der Waals surface area contributed by atoms with Gasteiger partial charge in [-0.25, -0.2) is 0 Å². The topological polar surface area (TPSA) is 0 Å². The number of alkyl halides is 3. The average molecular weight is 208 g/mol. The van der Waals surface area contributed by atoms with E-state index in [0.717, 1.165) is 0 Å². The highest BCUT2D eigenvalue weighted by atomic mass is 32.2. The first-order valence-corrected chi connectivity index (χ1v) is 4.70. The first kappa shape index (κ1) is 12.4. The molecule has 0 aliphatic carbocycles. The summed E-state index contributed by atoms with van der Waals surface area (Å²) in [7, 11) is 0. The van der Waals surface area contributed by atoms with E-state index < -0.39 is 5.51 Å². The van der Waals surface area contributed by atoms with Gasteiger partial charge < -0.3 is 0 Å². The van der Waals surface area contributed by atoms with Crippen LogP contribution in [-0.2, 0) is 0 Å². The molecule has 1 aromatic carbocycles. The minimum Gasteiger partial charge on any atom is -0.160 e. The average Bonchev–Trinajstić information content (AvgIpc) is 2.07. The Bertz CT molecular complexity index is 218. The fraction of sp³-hybridized carbons (Fsp3) is 0.333. The Hall–Kier alpha value is -0.640. The van der Waals surface area contributed by atoms with Gasteiger partial charge in [0.25, 0.3) is 0 Å². The molecule has 0 bridgehead atoms. The van der Waals surface area contributed by atoms with Crippen LogP contribution in [0.4, 0.5) is 13.2 Å². The molecule has 0 fully saturated rings. The van der Waals surface area contributed by atoms with Crippen LogP contribution in [0.25, 0.3) is 0 Å². The largest absolute Gasteiger partial charge is 0.446 e. The summed E-state index contributed by atoms with van der Waals surface area (Å²) >= 11 is -0.0993. The second-order valence-electron chi connectivity index (χ2n) is 1.86. The molecule has 0 aliphatic heterocycles. The third-order valence-electron chi connectivity index (χ3n) is 0.977. The SMILES string of the molecule is CC.FC(F)(F)Sc1ccccc1. The predicted molar refractivity (Wildman–Crippen MR) is 49.7 cm³/mol. The zero-order chi connectivity index (χ0) is 10.3. The van der Waals surface area contributed by atoms with Crippen molar-refractivity contribution in [1.82, 2.24) is 0 Å². The second kappa shape index (κ2) is 5.91. The van der Waals surface area contributed by atoms with Crippen molar-refractivity contribution in [2.24, 2.45) is 0 Å². The van der Waals surface area contributed by atoms with Crippen LogP contribution in [0.15, 0.2) is 35.2 Å². The van der Waals surface area contributed by atoms with Crippen molar-refractivity contribution in [2.75, 3.05) is 0 Å². The fourth-order valence-corrected chi connectivity index (χ4v) is 1.18. The molecule has 0 aromatic heterocycles. The summed E-state index contributed by atoms with van der Waals surface area (Å²) in [6.45, 7) is 4.00. The fourth-order valence-electron chi connectivity index (χ4n) is 0.622. The Kier molecular flexibility index (Phi) is 5.62. The third kappa shape index (κ3) is 6.51. The molecule has 0 atom stereocenters. The van der Waals surface area contributed by atoms with Crippen LogP contribution in [0, 0.1) is 0 Å². The molecule has 0 spiro atoms. The van der Waals surface area contributed by atoms with E-state index in [-0.39, 0.29) is 16.7 Å². The van der Waals surface area contributed by atoms with Crippen molar-refractivity contribution in [1.29, 1.82) is 0 Å². The van der Waals surface area contributed by atoms with Gasteiger partial charge in [-0.1, -0.05) is 32.0 Å². The van der Waals surface area contributed by atoms with Crippen LogP contribution in [0.1, 0.15) is 13.8 Å². The van der Waals surface area contributed by atoms with Crippen LogP contribution in [0.5, 0.6) is 0 Å². The smallest absolute Gasteiger partial charge is 0.160 e. The van der Waals surface area contributed by atoms with Crippen molar-refractivity contribution < 1.29 is 13.2 Å². The first-order valence-electron chi connectivity index (χ1n) is 3.89. The Morgan fingerprint density at radius 3 is 1.85 bits per heavy atom. The number of halogens is 3. The monoisotopic (exact) mass is 208 g/mol. The Labute approximate surface area is 80.2 Å².